The molecule has 1 heterocycles. The van der Waals surface area contributed by atoms with Crippen molar-refractivity contribution >= 4 is 5.69 Å². The predicted molar refractivity (Wildman–Crippen MR) is 80.7 cm³/mol. The van der Waals surface area contributed by atoms with Gasteiger partial charge in [0.25, 0.3) is 0 Å². The smallest absolute Gasteiger partial charge is 0.0367 e. The Morgan fingerprint density at radius 2 is 1.79 bits per heavy atom. The van der Waals surface area contributed by atoms with Gasteiger partial charge in [0, 0.05) is 44.5 Å². The molecule has 2 fully saturated rings. The quantitative estimate of drug-likeness (QED) is 0.870. The lowest BCUT2D eigenvalue weighted by atomic mass is 10.1. The average Bonchev–Trinajstić information content (AvgIpc) is 3.31. The number of nitrogens with one attached hydrogen (secondary N) is 1. The molecule has 19 heavy (non-hydrogen) atoms. The molecule has 3 rings (SSSR count). The first kappa shape index (κ1) is 12.9. The number of benzene rings is 1. The van der Waals surface area contributed by atoms with Crippen LogP contribution in [0.4, 0.5) is 5.69 Å². The van der Waals surface area contributed by atoms with Crippen molar-refractivity contribution in [2.45, 2.75) is 18.9 Å². The molecule has 3 heteroatoms. The summed E-state index contributed by atoms with van der Waals surface area (Å²) in [5.41, 5.74) is 1.37. The van der Waals surface area contributed by atoms with Crippen LogP contribution in [-0.4, -0.2) is 50.7 Å². The van der Waals surface area contributed by atoms with Crippen molar-refractivity contribution in [2.24, 2.45) is 5.92 Å². The van der Waals surface area contributed by atoms with Gasteiger partial charge in [-0.1, -0.05) is 18.2 Å². The maximum absolute atomic E-state index is 3.50. The Labute approximate surface area is 116 Å². The van der Waals surface area contributed by atoms with Crippen molar-refractivity contribution in [1.82, 2.24) is 10.2 Å². The first-order valence-electron chi connectivity index (χ1n) is 7.56. The van der Waals surface area contributed by atoms with Crippen LogP contribution in [0.3, 0.4) is 0 Å². The molecule has 0 bridgehead atoms. The van der Waals surface area contributed by atoms with Gasteiger partial charge in [0.1, 0.15) is 0 Å². The van der Waals surface area contributed by atoms with Crippen LogP contribution in [0.25, 0.3) is 0 Å². The van der Waals surface area contributed by atoms with Gasteiger partial charge >= 0.3 is 0 Å². The third-order valence-corrected chi connectivity index (χ3v) is 4.51. The van der Waals surface area contributed by atoms with E-state index in [2.05, 4.69) is 52.5 Å². The third kappa shape index (κ3) is 3.28. The van der Waals surface area contributed by atoms with Crippen molar-refractivity contribution in [1.29, 1.82) is 0 Å². The maximum Gasteiger partial charge on any atom is 0.0367 e. The lowest BCUT2D eigenvalue weighted by Crippen LogP contribution is -2.50. The van der Waals surface area contributed by atoms with Crippen LogP contribution in [0.5, 0.6) is 0 Å². The summed E-state index contributed by atoms with van der Waals surface area (Å²) in [6, 6.07) is 11.5. The number of para-hydroxylation sites is 1. The summed E-state index contributed by atoms with van der Waals surface area (Å²) in [6.45, 7) is 5.93. The number of rotatable bonds is 5. The van der Waals surface area contributed by atoms with Crippen molar-refractivity contribution in [3.63, 3.8) is 0 Å². The van der Waals surface area contributed by atoms with Crippen LogP contribution in [0, 0.1) is 5.92 Å². The van der Waals surface area contributed by atoms with Crippen molar-refractivity contribution < 1.29 is 0 Å². The van der Waals surface area contributed by atoms with Gasteiger partial charge in [0.2, 0.25) is 0 Å². The van der Waals surface area contributed by atoms with Crippen molar-refractivity contribution in [2.75, 3.05) is 44.7 Å². The normalized spacial score (nSPS) is 22.5. The lowest BCUT2D eigenvalue weighted by molar-refractivity contribution is 0.223. The second-order valence-electron chi connectivity index (χ2n) is 5.86. The molecule has 1 aliphatic carbocycles. The fraction of sp³-hybridized carbons (Fsp3) is 0.625. The molecule has 1 N–H and O–H groups in total. The molecule has 1 saturated carbocycles. The topological polar surface area (TPSA) is 18.5 Å². The van der Waals surface area contributed by atoms with E-state index in [9.17, 15) is 0 Å². The highest BCUT2D eigenvalue weighted by atomic mass is 15.3. The van der Waals surface area contributed by atoms with Gasteiger partial charge in [-0.05, 0) is 37.9 Å². The van der Waals surface area contributed by atoms with Gasteiger partial charge < -0.3 is 10.2 Å². The molecule has 0 amide bonds. The van der Waals surface area contributed by atoms with E-state index in [0.29, 0.717) is 6.04 Å². The number of likely N-dealkylation sites (N-methyl/N-ethyl adjacent to an activating group) is 1. The summed E-state index contributed by atoms with van der Waals surface area (Å²) in [5, 5.41) is 3.50. The third-order valence-electron chi connectivity index (χ3n) is 4.51. The number of hydrogen-bond acceptors (Lipinski definition) is 3. The Hall–Kier alpha value is -1.06. The van der Waals surface area contributed by atoms with Crippen LogP contribution >= 0.6 is 0 Å². The summed E-state index contributed by atoms with van der Waals surface area (Å²) < 4.78 is 0. The molecule has 0 aromatic heterocycles. The molecule has 3 nitrogen and oxygen atoms in total. The highest BCUT2D eigenvalue weighted by molar-refractivity contribution is 5.46. The first-order valence-corrected chi connectivity index (χ1v) is 7.56. The minimum Gasteiger partial charge on any atom is -0.369 e. The van der Waals surface area contributed by atoms with Gasteiger partial charge in [-0.3, -0.25) is 4.90 Å². The van der Waals surface area contributed by atoms with E-state index in [-0.39, 0.29) is 0 Å². The van der Waals surface area contributed by atoms with Gasteiger partial charge in [-0.2, -0.15) is 0 Å². The Bertz CT molecular complexity index is 380. The zero-order chi connectivity index (χ0) is 13.1. The highest BCUT2D eigenvalue weighted by Gasteiger charge is 2.31. The van der Waals surface area contributed by atoms with Gasteiger partial charge in [0.05, 0.1) is 0 Å². The fourth-order valence-electron chi connectivity index (χ4n) is 3.08. The van der Waals surface area contributed by atoms with Crippen LogP contribution in [0.1, 0.15) is 12.8 Å². The van der Waals surface area contributed by atoms with Gasteiger partial charge in [-0.25, -0.2) is 0 Å². The molecular weight excluding hydrogens is 234 g/mol. The van der Waals surface area contributed by atoms with Crippen molar-refractivity contribution in [3.05, 3.63) is 30.3 Å². The molecule has 1 aliphatic heterocycles. The number of piperazine rings is 1. The van der Waals surface area contributed by atoms with E-state index in [1.165, 1.54) is 38.2 Å². The lowest BCUT2D eigenvalue weighted by Gasteiger charge is -2.37. The van der Waals surface area contributed by atoms with E-state index >= 15 is 0 Å². The van der Waals surface area contributed by atoms with E-state index < -0.39 is 0 Å². The zero-order valence-corrected chi connectivity index (χ0v) is 11.9. The summed E-state index contributed by atoms with van der Waals surface area (Å²) >= 11 is 0. The van der Waals surface area contributed by atoms with E-state index in [4.69, 9.17) is 0 Å². The standard InChI is InChI=1S/C16H25N3/c1-17-16(14-7-8-14)13-18-9-11-19(12-10-18)15-5-3-2-4-6-15/h2-6,14,16-17H,7-13H2,1H3. The summed E-state index contributed by atoms with van der Waals surface area (Å²) in [4.78, 5) is 5.13. The molecule has 0 radical (unpaired) electrons. The first-order chi connectivity index (χ1) is 9.36. The summed E-state index contributed by atoms with van der Waals surface area (Å²) in [7, 11) is 2.11. The van der Waals surface area contributed by atoms with Crippen LogP contribution in [0.15, 0.2) is 30.3 Å². The Morgan fingerprint density at radius 3 is 2.37 bits per heavy atom. The Morgan fingerprint density at radius 1 is 1.11 bits per heavy atom. The molecule has 104 valence electrons. The van der Waals surface area contributed by atoms with E-state index in [1.807, 2.05) is 0 Å². The van der Waals surface area contributed by atoms with Crippen LogP contribution in [-0.2, 0) is 0 Å². The molecule has 2 aliphatic rings. The van der Waals surface area contributed by atoms with E-state index in [1.54, 1.807) is 0 Å². The molecule has 1 aromatic carbocycles. The monoisotopic (exact) mass is 259 g/mol. The molecule has 0 spiro atoms. The van der Waals surface area contributed by atoms with E-state index in [0.717, 1.165) is 19.0 Å². The fourth-order valence-corrected chi connectivity index (χ4v) is 3.08. The number of hydrogen-bond donors (Lipinski definition) is 1. The summed E-state index contributed by atoms with van der Waals surface area (Å²) in [5.74, 6) is 0.942. The number of nitrogens with zero attached hydrogens (tertiary/aromatic N) is 2. The molecule has 1 unspecified atom stereocenters. The largest absolute Gasteiger partial charge is 0.369 e. The Balaban J connectivity index is 1.49. The molecular formula is C16H25N3. The highest BCUT2D eigenvalue weighted by Crippen LogP contribution is 2.33. The SMILES string of the molecule is CNC(CN1CCN(c2ccccc2)CC1)C1CC1. The maximum atomic E-state index is 3.50. The number of anilines is 1. The van der Waals surface area contributed by atoms with Gasteiger partial charge in [0.15, 0.2) is 0 Å². The Kier molecular flexibility index (Phi) is 4.04. The van der Waals surface area contributed by atoms with Gasteiger partial charge in [-0.15, -0.1) is 0 Å². The second-order valence-corrected chi connectivity index (χ2v) is 5.86. The molecule has 1 atom stereocenters. The molecule has 1 aromatic rings. The average molecular weight is 259 g/mol. The molecule has 1 saturated heterocycles. The summed E-state index contributed by atoms with van der Waals surface area (Å²) in [6.07, 6.45) is 2.85. The van der Waals surface area contributed by atoms with Crippen molar-refractivity contribution in [3.8, 4) is 0 Å². The zero-order valence-electron chi connectivity index (χ0n) is 11.9. The second kappa shape index (κ2) is 5.93. The minimum atomic E-state index is 0.711. The minimum absolute atomic E-state index is 0.711. The predicted octanol–water partition coefficient (Wildman–Crippen LogP) is 1.81. The van der Waals surface area contributed by atoms with Crippen LogP contribution in [0.2, 0.25) is 0 Å². The van der Waals surface area contributed by atoms with Crippen LogP contribution < -0.4 is 10.2 Å².